The number of nitrogens with zero attached hydrogens (tertiary/aromatic N) is 1. The van der Waals surface area contributed by atoms with Crippen LogP contribution in [0.3, 0.4) is 0 Å². The largest absolute Gasteiger partial charge is 0.399 e. The lowest BCUT2D eigenvalue weighted by Crippen LogP contribution is -1.90. The van der Waals surface area contributed by atoms with Gasteiger partial charge in [-0.15, -0.1) is 11.3 Å². The summed E-state index contributed by atoms with van der Waals surface area (Å²) in [6, 6.07) is 12.3. The molecule has 1 heterocycles. The Morgan fingerprint density at radius 2 is 1.57 bits per heavy atom. The number of aryl methyl sites for hydroxylation is 3. The van der Waals surface area contributed by atoms with Crippen LogP contribution in [-0.2, 0) is 0 Å². The molecule has 2 N–H and O–H groups in total. The van der Waals surface area contributed by atoms with E-state index in [0.29, 0.717) is 0 Å². The minimum Gasteiger partial charge on any atom is -0.399 e. The maximum atomic E-state index is 5.74. The fourth-order valence-corrected chi connectivity index (χ4v) is 3.55. The highest BCUT2D eigenvalue weighted by Crippen LogP contribution is 2.33. The van der Waals surface area contributed by atoms with Crippen molar-refractivity contribution in [3.8, 4) is 21.8 Å². The van der Waals surface area contributed by atoms with Crippen LogP contribution in [-0.4, -0.2) is 4.98 Å². The van der Waals surface area contributed by atoms with E-state index in [2.05, 4.69) is 38.3 Å². The van der Waals surface area contributed by atoms with Crippen molar-refractivity contribution < 1.29 is 0 Å². The van der Waals surface area contributed by atoms with Crippen LogP contribution < -0.4 is 5.73 Å². The fourth-order valence-electron chi connectivity index (χ4n) is 2.73. The number of rotatable bonds is 2. The molecule has 106 valence electrons. The molecule has 2 aromatic carbocycles. The van der Waals surface area contributed by atoms with Crippen LogP contribution in [0.2, 0.25) is 0 Å². The molecular weight excluding hydrogens is 276 g/mol. The van der Waals surface area contributed by atoms with Gasteiger partial charge in [0.25, 0.3) is 0 Å². The second-order valence-electron chi connectivity index (χ2n) is 5.43. The summed E-state index contributed by atoms with van der Waals surface area (Å²) in [5, 5.41) is 3.17. The van der Waals surface area contributed by atoms with Gasteiger partial charge in [-0.2, -0.15) is 0 Å². The number of benzene rings is 2. The van der Waals surface area contributed by atoms with E-state index >= 15 is 0 Å². The third kappa shape index (κ3) is 2.69. The van der Waals surface area contributed by atoms with E-state index in [0.717, 1.165) is 22.0 Å². The van der Waals surface area contributed by atoms with Crippen LogP contribution in [0.15, 0.2) is 41.8 Å². The van der Waals surface area contributed by atoms with Crippen molar-refractivity contribution in [3.05, 3.63) is 58.5 Å². The summed E-state index contributed by atoms with van der Waals surface area (Å²) in [6.07, 6.45) is 0. The summed E-state index contributed by atoms with van der Waals surface area (Å²) in [5.74, 6) is 0. The van der Waals surface area contributed by atoms with Gasteiger partial charge < -0.3 is 5.73 Å². The molecule has 21 heavy (non-hydrogen) atoms. The van der Waals surface area contributed by atoms with Crippen molar-refractivity contribution in [1.82, 2.24) is 4.98 Å². The topological polar surface area (TPSA) is 38.9 Å². The number of thiazole rings is 1. The Morgan fingerprint density at radius 1 is 0.952 bits per heavy atom. The predicted octanol–water partition coefficient (Wildman–Crippen LogP) is 4.98. The van der Waals surface area contributed by atoms with Crippen molar-refractivity contribution >= 4 is 17.0 Å². The molecule has 0 spiro atoms. The zero-order valence-corrected chi connectivity index (χ0v) is 13.3. The molecule has 0 bridgehead atoms. The van der Waals surface area contributed by atoms with Crippen LogP contribution >= 0.6 is 11.3 Å². The number of hydrogen-bond donors (Lipinski definition) is 1. The Morgan fingerprint density at radius 3 is 2.19 bits per heavy atom. The standard InChI is InChI=1S/C18H18N2S/c1-11-8-12(2)17(13(3)9-11)16-10-21-18(20-16)14-4-6-15(19)7-5-14/h4-10H,19H2,1-3H3. The first-order chi connectivity index (χ1) is 10.0. The van der Waals surface area contributed by atoms with Gasteiger partial charge in [0, 0.05) is 22.2 Å². The first-order valence-electron chi connectivity index (χ1n) is 6.94. The van der Waals surface area contributed by atoms with Gasteiger partial charge in [-0.3, -0.25) is 0 Å². The van der Waals surface area contributed by atoms with Gasteiger partial charge in [-0.1, -0.05) is 17.7 Å². The van der Waals surface area contributed by atoms with Gasteiger partial charge in [-0.25, -0.2) is 4.98 Å². The van der Waals surface area contributed by atoms with Crippen LogP contribution in [0.1, 0.15) is 16.7 Å². The lowest BCUT2D eigenvalue weighted by molar-refractivity contribution is 1.29. The molecule has 0 radical (unpaired) electrons. The fraction of sp³-hybridized carbons (Fsp3) is 0.167. The van der Waals surface area contributed by atoms with Crippen LogP contribution in [0.4, 0.5) is 5.69 Å². The van der Waals surface area contributed by atoms with Gasteiger partial charge >= 0.3 is 0 Å². The number of hydrogen-bond acceptors (Lipinski definition) is 3. The molecule has 0 saturated heterocycles. The van der Waals surface area contributed by atoms with E-state index in [1.54, 1.807) is 11.3 Å². The second-order valence-corrected chi connectivity index (χ2v) is 6.29. The number of nitrogens with two attached hydrogens (primary N) is 1. The molecule has 2 nitrogen and oxygen atoms in total. The van der Waals surface area contributed by atoms with Gasteiger partial charge in [-0.05, 0) is 56.2 Å². The van der Waals surface area contributed by atoms with Crippen molar-refractivity contribution in [1.29, 1.82) is 0 Å². The Balaban J connectivity index is 2.05. The molecule has 0 saturated carbocycles. The summed E-state index contributed by atoms with van der Waals surface area (Å²) in [5.41, 5.74) is 13.8. The predicted molar refractivity (Wildman–Crippen MR) is 91.6 cm³/mol. The third-order valence-corrected chi connectivity index (χ3v) is 4.49. The molecular formula is C18H18N2S. The SMILES string of the molecule is Cc1cc(C)c(-c2csc(-c3ccc(N)cc3)n2)c(C)c1. The van der Waals surface area contributed by atoms with E-state index in [4.69, 9.17) is 10.7 Å². The van der Waals surface area contributed by atoms with Gasteiger partial charge in [0.15, 0.2) is 0 Å². The average molecular weight is 294 g/mol. The van der Waals surface area contributed by atoms with Crippen molar-refractivity contribution in [2.24, 2.45) is 0 Å². The number of nitrogen functional groups attached to an aromatic ring is 1. The molecule has 0 unspecified atom stereocenters. The smallest absolute Gasteiger partial charge is 0.124 e. The number of anilines is 1. The monoisotopic (exact) mass is 294 g/mol. The van der Waals surface area contributed by atoms with Crippen LogP contribution in [0, 0.1) is 20.8 Å². The van der Waals surface area contributed by atoms with Crippen molar-refractivity contribution in [2.75, 3.05) is 5.73 Å². The Hall–Kier alpha value is -2.13. The molecule has 0 fully saturated rings. The van der Waals surface area contributed by atoms with Crippen LogP contribution in [0.25, 0.3) is 21.8 Å². The van der Waals surface area contributed by atoms with Gasteiger partial charge in [0.1, 0.15) is 5.01 Å². The summed E-state index contributed by atoms with van der Waals surface area (Å²) >= 11 is 1.67. The van der Waals surface area contributed by atoms with Crippen molar-refractivity contribution in [2.45, 2.75) is 20.8 Å². The quantitative estimate of drug-likeness (QED) is 0.677. The first-order valence-corrected chi connectivity index (χ1v) is 7.82. The highest BCUT2D eigenvalue weighted by Gasteiger charge is 2.11. The summed E-state index contributed by atoms with van der Waals surface area (Å²) in [7, 11) is 0. The summed E-state index contributed by atoms with van der Waals surface area (Å²) in [6.45, 7) is 6.43. The molecule has 3 rings (SSSR count). The molecule has 0 aliphatic heterocycles. The molecule has 1 aromatic heterocycles. The van der Waals surface area contributed by atoms with E-state index in [9.17, 15) is 0 Å². The van der Waals surface area contributed by atoms with E-state index in [-0.39, 0.29) is 0 Å². The van der Waals surface area contributed by atoms with Gasteiger partial charge in [0.05, 0.1) is 5.69 Å². The van der Waals surface area contributed by atoms with Crippen molar-refractivity contribution in [3.63, 3.8) is 0 Å². The lowest BCUT2D eigenvalue weighted by Gasteiger charge is -2.08. The Bertz CT molecular complexity index is 762. The Labute approximate surface area is 129 Å². The Kier molecular flexibility index (Phi) is 3.52. The maximum Gasteiger partial charge on any atom is 0.124 e. The molecule has 0 aliphatic carbocycles. The molecule has 3 heteroatoms. The molecule has 0 amide bonds. The van der Waals surface area contributed by atoms with Crippen LogP contribution in [0.5, 0.6) is 0 Å². The highest BCUT2D eigenvalue weighted by atomic mass is 32.1. The summed E-state index contributed by atoms with van der Waals surface area (Å²) in [4.78, 5) is 4.81. The maximum absolute atomic E-state index is 5.74. The first kappa shape index (κ1) is 13.8. The van der Waals surface area contributed by atoms with E-state index in [1.807, 2.05) is 24.3 Å². The zero-order valence-electron chi connectivity index (χ0n) is 12.5. The van der Waals surface area contributed by atoms with Gasteiger partial charge in [0.2, 0.25) is 0 Å². The molecule has 0 atom stereocenters. The highest BCUT2D eigenvalue weighted by molar-refractivity contribution is 7.13. The zero-order chi connectivity index (χ0) is 15.0. The minimum atomic E-state index is 0.778. The average Bonchev–Trinajstić information content (AvgIpc) is 2.87. The lowest BCUT2D eigenvalue weighted by atomic mass is 9.98. The number of aromatic nitrogens is 1. The van der Waals surface area contributed by atoms with E-state index in [1.165, 1.54) is 22.3 Å². The second kappa shape index (κ2) is 5.34. The molecule has 3 aromatic rings. The molecule has 0 aliphatic rings. The summed E-state index contributed by atoms with van der Waals surface area (Å²) < 4.78 is 0. The minimum absolute atomic E-state index is 0.778. The van der Waals surface area contributed by atoms with E-state index < -0.39 is 0 Å². The normalized spacial score (nSPS) is 10.8. The third-order valence-electron chi connectivity index (χ3n) is 3.59.